The van der Waals surface area contributed by atoms with Crippen LogP contribution in [0, 0.1) is 5.92 Å². The number of carbonyl (C=O) groups is 4. The highest BCUT2D eigenvalue weighted by atomic mass is 16.5. The Morgan fingerprint density at radius 3 is 2.33 bits per heavy atom. The van der Waals surface area contributed by atoms with Gasteiger partial charge in [-0.25, -0.2) is 9.59 Å². The first-order chi connectivity index (χ1) is 9.85. The van der Waals surface area contributed by atoms with Gasteiger partial charge in [0.2, 0.25) is 5.91 Å². The molecule has 1 heterocycles. The van der Waals surface area contributed by atoms with Crippen molar-refractivity contribution in [2.75, 3.05) is 20.2 Å². The van der Waals surface area contributed by atoms with Gasteiger partial charge in [-0.1, -0.05) is 0 Å². The summed E-state index contributed by atoms with van der Waals surface area (Å²) in [5, 5.41) is 11.2. The van der Waals surface area contributed by atoms with Crippen molar-refractivity contribution in [3.05, 3.63) is 0 Å². The van der Waals surface area contributed by atoms with E-state index >= 15 is 0 Å². The number of carboxylic acid groups (broad SMARTS) is 1. The number of nitrogens with one attached hydrogen (secondary N) is 1. The zero-order valence-corrected chi connectivity index (χ0v) is 11.7. The topological polar surface area (TPSA) is 139 Å². The van der Waals surface area contributed by atoms with Crippen LogP contribution in [0.5, 0.6) is 0 Å². The minimum absolute atomic E-state index is 0.264. The number of hydrogen-bond donors (Lipinski definition) is 3. The summed E-state index contributed by atoms with van der Waals surface area (Å²) in [6, 6.07) is -1.94. The quantitative estimate of drug-likeness (QED) is 0.551. The number of likely N-dealkylation sites (tertiary alicyclic amines) is 1. The lowest BCUT2D eigenvalue weighted by atomic mass is 9.96. The minimum atomic E-state index is -1.35. The number of carbonyl (C=O) groups excluding carboxylic acids is 3. The van der Waals surface area contributed by atoms with Crippen molar-refractivity contribution in [1.82, 2.24) is 10.2 Å². The van der Waals surface area contributed by atoms with Crippen molar-refractivity contribution >= 4 is 23.9 Å². The van der Waals surface area contributed by atoms with Gasteiger partial charge in [0, 0.05) is 19.0 Å². The van der Waals surface area contributed by atoms with Crippen LogP contribution in [0.3, 0.4) is 0 Å². The molecule has 0 aliphatic carbocycles. The molecule has 1 rings (SSSR count). The molecule has 0 saturated carbocycles. The Bertz CT molecular complexity index is 431. The van der Waals surface area contributed by atoms with Gasteiger partial charge in [-0.3, -0.25) is 9.59 Å². The molecule has 9 nitrogen and oxygen atoms in total. The van der Waals surface area contributed by atoms with Gasteiger partial charge in [0.1, 0.15) is 6.04 Å². The third kappa shape index (κ3) is 4.93. The number of esters is 1. The van der Waals surface area contributed by atoms with Gasteiger partial charge in [0.25, 0.3) is 0 Å². The van der Waals surface area contributed by atoms with Crippen LogP contribution < -0.4 is 11.1 Å². The maximum atomic E-state index is 11.9. The molecule has 0 aromatic heterocycles. The van der Waals surface area contributed by atoms with E-state index in [0.29, 0.717) is 25.9 Å². The van der Waals surface area contributed by atoms with Crippen molar-refractivity contribution < 1.29 is 29.0 Å². The second kappa shape index (κ2) is 7.46. The molecule has 0 unspecified atom stereocenters. The molecular weight excluding hydrogens is 282 g/mol. The van der Waals surface area contributed by atoms with Crippen LogP contribution >= 0.6 is 0 Å². The van der Waals surface area contributed by atoms with Crippen molar-refractivity contribution in [2.45, 2.75) is 25.3 Å². The summed E-state index contributed by atoms with van der Waals surface area (Å²) in [7, 11) is 1.14. The Morgan fingerprint density at radius 2 is 1.90 bits per heavy atom. The van der Waals surface area contributed by atoms with Gasteiger partial charge >= 0.3 is 18.0 Å². The molecule has 0 radical (unpaired) electrons. The predicted molar refractivity (Wildman–Crippen MR) is 70.1 cm³/mol. The molecule has 4 N–H and O–H groups in total. The first kappa shape index (κ1) is 16.7. The molecule has 0 aromatic carbocycles. The van der Waals surface area contributed by atoms with Gasteiger partial charge in [-0.15, -0.1) is 0 Å². The van der Waals surface area contributed by atoms with Crippen LogP contribution in [0.25, 0.3) is 0 Å². The monoisotopic (exact) mass is 301 g/mol. The zero-order valence-electron chi connectivity index (χ0n) is 11.7. The van der Waals surface area contributed by atoms with Crippen molar-refractivity contribution in [3.63, 3.8) is 0 Å². The van der Waals surface area contributed by atoms with Crippen LogP contribution in [0.15, 0.2) is 0 Å². The van der Waals surface area contributed by atoms with Gasteiger partial charge in [0.15, 0.2) is 0 Å². The number of piperidine rings is 1. The fraction of sp³-hybridized carbons (Fsp3) is 0.667. The fourth-order valence-corrected chi connectivity index (χ4v) is 2.06. The summed E-state index contributed by atoms with van der Waals surface area (Å²) in [6.45, 7) is 0.619. The first-order valence-corrected chi connectivity index (χ1v) is 6.49. The molecule has 3 amide bonds. The van der Waals surface area contributed by atoms with Gasteiger partial charge in [-0.05, 0) is 12.8 Å². The maximum absolute atomic E-state index is 11.9. The van der Waals surface area contributed by atoms with E-state index in [-0.39, 0.29) is 5.92 Å². The standard InChI is InChI=1S/C12H19N3O6/c1-21-9(16)6-8(11(18)19)14-12(20)15-4-2-7(3-5-15)10(13)17/h7-8H,2-6H2,1H3,(H2,13,17)(H,14,20)(H,18,19)/t8-/m0/s1. The summed E-state index contributed by atoms with van der Waals surface area (Å²) in [4.78, 5) is 46.5. The Kier molecular flexibility index (Phi) is 5.94. The van der Waals surface area contributed by atoms with E-state index in [0.717, 1.165) is 7.11 Å². The lowest BCUT2D eigenvalue weighted by Gasteiger charge is -2.31. The van der Waals surface area contributed by atoms with Gasteiger partial charge < -0.3 is 25.8 Å². The molecule has 21 heavy (non-hydrogen) atoms. The van der Waals surface area contributed by atoms with Crippen LogP contribution in [0.4, 0.5) is 4.79 Å². The highest BCUT2D eigenvalue weighted by Crippen LogP contribution is 2.16. The number of methoxy groups -OCH3 is 1. The van der Waals surface area contributed by atoms with E-state index in [1.165, 1.54) is 4.90 Å². The van der Waals surface area contributed by atoms with Crippen molar-refractivity contribution in [1.29, 1.82) is 0 Å². The molecule has 1 atom stereocenters. The molecule has 118 valence electrons. The molecule has 1 saturated heterocycles. The number of amides is 3. The van der Waals surface area contributed by atoms with Crippen LogP contribution in [-0.2, 0) is 19.1 Å². The lowest BCUT2D eigenvalue weighted by Crippen LogP contribution is -2.51. The molecule has 1 aliphatic heterocycles. The number of aliphatic carboxylic acids is 1. The summed E-state index contributed by atoms with van der Waals surface area (Å²) in [5.41, 5.74) is 5.19. The second-order valence-corrected chi connectivity index (χ2v) is 4.78. The molecule has 0 bridgehead atoms. The molecule has 1 fully saturated rings. The van der Waals surface area contributed by atoms with E-state index < -0.39 is 36.3 Å². The van der Waals surface area contributed by atoms with Crippen molar-refractivity contribution in [2.24, 2.45) is 11.7 Å². The number of nitrogens with two attached hydrogens (primary N) is 1. The molecule has 0 aromatic rings. The number of primary amides is 1. The number of rotatable bonds is 5. The molecular formula is C12H19N3O6. The molecule has 1 aliphatic rings. The Hall–Kier alpha value is -2.32. The van der Waals surface area contributed by atoms with E-state index in [4.69, 9.17) is 10.8 Å². The predicted octanol–water partition coefficient (Wildman–Crippen LogP) is -1.09. The minimum Gasteiger partial charge on any atom is -0.480 e. The van der Waals surface area contributed by atoms with Crippen LogP contribution in [-0.4, -0.2) is 60.1 Å². The molecule has 9 heteroatoms. The fourth-order valence-electron chi connectivity index (χ4n) is 2.06. The third-order valence-corrected chi connectivity index (χ3v) is 3.38. The average Bonchev–Trinajstić information content (AvgIpc) is 2.46. The number of nitrogens with zero attached hydrogens (tertiary/aromatic N) is 1. The SMILES string of the molecule is COC(=O)C[C@H](NC(=O)N1CCC(C(N)=O)CC1)C(=O)O. The second-order valence-electron chi connectivity index (χ2n) is 4.78. The van der Waals surface area contributed by atoms with Gasteiger partial charge in [0.05, 0.1) is 13.5 Å². The van der Waals surface area contributed by atoms with E-state index in [1.807, 2.05) is 0 Å². The Labute approximate surface area is 121 Å². The number of carboxylic acids is 1. The average molecular weight is 301 g/mol. The largest absolute Gasteiger partial charge is 0.480 e. The van der Waals surface area contributed by atoms with E-state index in [9.17, 15) is 19.2 Å². The highest BCUT2D eigenvalue weighted by molar-refractivity contribution is 5.86. The Morgan fingerprint density at radius 1 is 1.33 bits per heavy atom. The molecule has 0 spiro atoms. The number of urea groups is 1. The zero-order chi connectivity index (χ0) is 16.0. The van der Waals surface area contributed by atoms with Crippen molar-refractivity contribution in [3.8, 4) is 0 Å². The number of hydrogen-bond acceptors (Lipinski definition) is 5. The summed E-state index contributed by atoms with van der Waals surface area (Å²) < 4.78 is 4.38. The summed E-state index contributed by atoms with van der Waals surface area (Å²) in [6.07, 6.45) is 0.435. The summed E-state index contributed by atoms with van der Waals surface area (Å²) >= 11 is 0. The van der Waals surface area contributed by atoms with Crippen LogP contribution in [0.1, 0.15) is 19.3 Å². The van der Waals surface area contributed by atoms with Gasteiger partial charge in [-0.2, -0.15) is 0 Å². The Balaban J connectivity index is 2.53. The smallest absolute Gasteiger partial charge is 0.326 e. The normalized spacial score (nSPS) is 16.9. The highest BCUT2D eigenvalue weighted by Gasteiger charge is 2.29. The van der Waals surface area contributed by atoms with Crippen LogP contribution in [0.2, 0.25) is 0 Å². The van der Waals surface area contributed by atoms with E-state index in [1.54, 1.807) is 0 Å². The summed E-state index contributed by atoms with van der Waals surface area (Å²) in [5.74, 6) is -2.71. The van der Waals surface area contributed by atoms with E-state index in [2.05, 4.69) is 10.1 Å². The first-order valence-electron chi connectivity index (χ1n) is 6.49. The number of ether oxygens (including phenoxy) is 1. The maximum Gasteiger partial charge on any atom is 0.326 e. The lowest BCUT2D eigenvalue weighted by molar-refractivity contribution is -0.147. The third-order valence-electron chi connectivity index (χ3n) is 3.38.